The Balaban J connectivity index is 2.79. The van der Waals surface area contributed by atoms with Gasteiger partial charge < -0.3 is 0 Å². The molecule has 0 saturated carbocycles. The van der Waals surface area contributed by atoms with E-state index in [2.05, 4.69) is 39.1 Å². The summed E-state index contributed by atoms with van der Waals surface area (Å²) in [6.45, 7) is 2.12. The molecule has 0 atom stereocenters. The van der Waals surface area contributed by atoms with Gasteiger partial charge in [0.05, 0.1) is 11.7 Å². The Labute approximate surface area is 85.1 Å². The minimum atomic E-state index is 0.961. The Kier molecular flexibility index (Phi) is 2.27. The zero-order valence-corrected chi connectivity index (χ0v) is 8.87. The van der Waals surface area contributed by atoms with Crippen molar-refractivity contribution < 1.29 is 0 Å². The fraction of sp³-hybridized carbons (Fsp3) is 0.200. The molecule has 0 aliphatic heterocycles. The summed E-state index contributed by atoms with van der Waals surface area (Å²) in [5, 5.41) is 9.20. The number of benzene rings is 1. The van der Waals surface area contributed by atoms with E-state index in [9.17, 15) is 0 Å². The van der Waals surface area contributed by atoms with Crippen molar-refractivity contribution in [3.8, 4) is 0 Å². The van der Waals surface area contributed by atoms with Crippen LogP contribution in [0.5, 0.6) is 0 Å². The summed E-state index contributed by atoms with van der Waals surface area (Å²) >= 11 is 3.45. The molecule has 0 bridgehead atoms. The van der Waals surface area contributed by atoms with Gasteiger partial charge in [0.15, 0.2) is 0 Å². The van der Waals surface area contributed by atoms with Crippen molar-refractivity contribution in [1.82, 2.24) is 10.2 Å². The van der Waals surface area contributed by atoms with Crippen molar-refractivity contribution in [3.63, 3.8) is 0 Å². The molecule has 2 rings (SSSR count). The topological polar surface area (TPSA) is 25.8 Å². The molecule has 0 saturated heterocycles. The van der Waals surface area contributed by atoms with Crippen molar-refractivity contribution in [1.29, 1.82) is 0 Å². The minimum Gasteiger partial charge on any atom is -0.158 e. The van der Waals surface area contributed by atoms with Crippen LogP contribution in [0, 0.1) is 0 Å². The first-order valence-electron chi connectivity index (χ1n) is 4.21. The first-order valence-corrected chi connectivity index (χ1v) is 5.00. The molecule has 1 heterocycles. The molecule has 2 aromatic rings. The third kappa shape index (κ3) is 1.56. The minimum absolute atomic E-state index is 0.961. The number of halogens is 1. The lowest BCUT2D eigenvalue weighted by molar-refractivity contribution is 1.03. The molecular formula is C10H9BrN2. The third-order valence-corrected chi connectivity index (χ3v) is 2.56. The molecule has 0 aliphatic carbocycles. The smallest absolute Gasteiger partial charge is 0.0933 e. The van der Waals surface area contributed by atoms with Crippen LogP contribution in [-0.4, -0.2) is 10.2 Å². The maximum Gasteiger partial charge on any atom is 0.0933 e. The molecule has 66 valence electrons. The van der Waals surface area contributed by atoms with Crippen LogP contribution in [0.4, 0.5) is 0 Å². The SMILES string of the molecule is CCc1cnnc2ccc(Br)cc12. The highest BCUT2D eigenvalue weighted by Gasteiger charge is 2.00. The highest BCUT2D eigenvalue weighted by atomic mass is 79.9. The molecule has 0 unspecified atom stereocenters. The van der Waals surface area contributed by atoms with Gasteiger partial charge in [-0.2, -0.15) is 10.2 Å². The van der Waals surface area contributed by atoms with Crippen molar-refractivity contribution in [2.24, 2.45) is 0 Å². The largest absolute Gasteiger partial charge is 0.158 e. The van der Waals surface area contributed by atoms with Crippen molar-refractivity contribution in [3.05, 3.63) is 34.4 Å². The lowest BCUT2D eigenvalue weighted by Crippen LogP contribution is -1.89. The van der Waals surface area contributed by atoms with Crippen LogP contribution in [0.3, 0.4) is 0 Å². The Bertz CT molecular complexity index is 440. The van der Waals surface area contributed by atoms with Crippen LogP contribution in [0.1, 0.15) is 12.5 Å². The molecule has 1 aromatic heterocycles. The number of aryl methyl sites for hydroxylation is 1. The normalized spacial score (nSPS) is 10.6. The second-order valence-corrected chi connectivity index (χ2v) is 3.80. The number of hydrogen-bond donors (Lipinski definition) is 0. The van der Waals surface area contributed by atoms with Crippen LogP contribution in [0.15, 0.2) is 28.9 Å². The van der Waals surface area contributed by atoms with Crippen molar-refractivity contribution >= 4 is 26.8 Å². The van der Waals surface area contributed by atoms with Crippen LogP contribution in [-0.2, 0) is 6.42 Å². The molecule has 0 fully saturated rings. The third-order valence-electron chi connectivity index (χ3n) is 2.06. The molecule has 1 aromatic carbocycles. The molecule has 13 heavy (non-hydrogen) atoms. The Morgan fingerprint density at radius 1 is 1.38 bits per heavy atom. The highest BCUT2D eigenvalue weighted by Crippen LogP contribution is 2.20. The van der Waals surface area contributed by atoms with E-state index in [1.54, 1.807) is 0 Å². The van der Waals surface area contributed by atoms with E-state index in [4.69, 9.17) is 0 Å². The molecule has 0 spiro atoms. The second-order valence-electron chi connectivity index (χ2n) is 2.88. The molecule has 0 N–H and O–H groups in total. The number of nitrogens with zero attached hydrogens (tertiary/aromatic N) is 2. The van der Waals surface area contributed by atoms with E-state index in [0.717, 1.165) is 16.4 Å². The first-order chi connectivity index (χ1) is 6.31. The number of hydrogen-bond acceptors (Lipinski definition) is 2. The fourth-order valence-corrected chi connectivity index (χ4v) is 1.73. The summed E-state index contributed by atoms with van der Waals surface area (Å²) < 4.78 is 1.09. The average Bonchev–Trinajstić information content (AvgIpc) is 2.17. The van der Waals surface area contributed by atoms with E-state index in [0.29, 0.717) is 0 Å². The molecule has 0 radical (unpaired) electrons. The van der Waals surface area contributed by atoms with Gasteiger partial charge in [0, 0.05) is 9.86 Å². The quantitative estimate of drug-likeness (QED) is 0.761. The van der Waals surface area contributed by atoms with Gasteiger partial charge in [0.2, 0.25) is 0 Å². The van der Waals surface area contributed by atoms with Gasteiger partial charge in [0.25, 0.3) is 0 Å². The van der Waals surface area contributed by atoms with Gasteiger partial charge >= 0.3 is 0 Å². The van der Waals surface area contributed by atoms with E-state index in [1.807, 2.05) is 18.3 Å². The van der Waals surface area contributed by atoms with Gasteiger partial charge in [-0.15, -0.1) is 0 Å². The molecule has 2 nitrogen and oxygen atoms in total. The Morgan fingerprint density at radius 3 is 3.00 bits per heavy atom. The summed E-state index contributed by atoms with van der Waals surface area (Å²) in [6, 6.07) is 6.05. The van der Waals surface area contributed by atoms with E-state index < -0.39 is 0 Å². The van der Waals surface area contributed by atoms with Crippen molar-refractivity contribution in [2.45, 2.75) is 13.3 Å². The number of rotatable bonds is 1. The molecule has 3 heteroatoms. The summed E-state index contributed by atoms with van der Waals surface area (Å²) in [6.07, 6.45) is 2.82. The van der Waals surface area contributed by atoms with E-state index in [1.165, 1.54) is 10.9 Å². The van der Waals surface area contributed by atoms with Gasteiger partial charge in [-0.05, 0) is 30.2 Å². The van der Waals surface area contributed by atoms with Crippen LogP contribution in [0.25, 0.3) is 10.9 Å². The molecule has 0 aliphatic rings. The fourth-order valence-electron chi connectivity index (χ4n) is 1.36. The maximum atomic E-state index is 4.06. The van der Waals surface area contributed by atoms with E-state index >= 15 is 0 Å². The van der Waals surface area contributed by atoms with E-state index in [-0.39, 0.29) is 0 Å². The Morgan fingerprint density at radius 2 is 2.23 bits per heavy atom. The zero-order valence-electron chi connectivity index (χ0n) is 7.29. The van der Waals surface area contributed by atoms with Crippen LogP contribution in [0.2, 0.25) is 0 Å². The highest BCUT2D eigenvalue weighted by molar-refractivity contribution is 9.10. The summed E-state index contributed by atoms with van der Waals surface area (Å²) in [7, 11) is 0. The van der Waals surface area contributed by atoms with Gasteiger partial charge in [-0.3, -0.25) is 0 Å². The Hall–Kier alpha value is -0.960. The lowest BCUT2D eigenvalue weighted by atomic mass is 10.1. The number of aromatic nitrogens is 2. The summed E-state index contributed by atoms with van der Waals surface area (Å²) in [4.78, 5) is 0. The lowest BCUT2D eigenvalue weighted by Gasteiger charge is -2.01. The van der Waals surface area contributed by atoms with Crippen molar-refractivity contribution in [2.75, 3.05) is 0 Å². The standard InChI is InChI=1S/C10H9BrN2/c1-2-7-6-12-13-10-4-3-8(11)5-9(7)10/h3-6H,2H2,1H3. The van der Waals surface area contributed by atoms with Gasteiger partial charge in [0.1, 0.15) is 0 Å². The van der Waals surface area contributed by atoms with Gasteiger partial charge in [-0.1, -0.05) is 22.9 Å². The zero-order chi connectivity index (χ0) is 9.26. The first kappa shape index (κ1) is 8.63. The predicted molar refractivity (Wildman–Crippen MR) is 56.6 cm³/mol. The summed E-state index contributed by atoms with van der Waals surface area (Å²) in [5.74, 6) is 0. The maximum absolute atomic E-state index is 4.06. The predicted octanol–water partition coefficient (Wildman–Crippen LogP) is 2.95. The number of fused-ring (bicyclic) bond motifs is 1. The van der Waals surface area contributed by atoms with Crippen LogP contribution >= 0.6 is 15.9 Å². The monoisotopic (exact) mass is 236 g/mol. The summed E-state index contributed by atoms with van der Waals surface area (Å²) in [5.41, 5.74) is 2.20. The molecule has 0 amide bonds. The molecular weight excluding hydrogens is 228 g/mol. The second kappa shape index (κ2) is 3.42. The van der Waals surface area contributed by atoms with Crippen LogP contribution < -0.4 is 0 Å². The average molecular weight is 237 g/mol. The van der Waals surface area contributed by atoms with Gasteiger partial charge in [-0.25, -0.2) is 0 Å².